The molecule has 22 heavy (non-hydrogen) atoms. The topological polar surface area (TPSA) is 56.5 Å². The number of fused-ring (bicyclic) bond motifs is 1. The van der Waals surface area contributed by atoms with Crippen molar-refractivity contribution in [2.45, 2.75) is 31.1 Å². The Balaban J connectivity index is 1.94. The molecular formula is C16H17ClO4S. The maximum atomic E-state index is 11.6. The predicted octanol–water partition coefficient (Wildman–Crippen LogP) is 4.19. The summed E-state index contributed by atoms with van der Waals surface area (Å²) in [7, 11) is 0. The average Bonchev–Trinajstić information content (AvgIpc) is 2.52. The molecule has 1 aromatic carbocycles. The number of carbonyl (C=O) groups is 1. The van der Waals surface area contributed by atoms with Crippen molar-refractivity contribution in [1.82, 2.24) is 0 Å². The van der Waals surface area contributed by atoms with Crippen LogP contribution in [0.5, 0.6) is 0 Å². The molecule has 4 nitrogen and oxygen atoms in total. The Morgan fingerprint density at radius 2 is 2.14 bits per heavy atom. The Bertz CT molecular complexity index is 711. The quantitative estimate of drug-likeness (QED) is 0.312. The standard InChI is InChI=1S/C16H17ClO4S/c1-11-13-6-5-12(9-14(13)21-16(19)15(11)17)22-8-4-2-3-7-20-10-18/h5-6,9-10H,2-4,7-8H2,1H3. The van der Waals surface area contributed by atoms with Crippen LogP contribution in [0.15, 0.2) is 32.3 Å². The highest BCUT2D eigenvalue weighted by Crippen LogP contribution is 2.27. The minimum absolute atomic E-state index is 0.144. The molecule has 0 bridgehead atoms. The van der Waals surface area contributed by atoms with E-state index in [1.165, 1.54) is 0 Å². The van der Waals surface area contributed by atoms with Gasteiger partial charge in [-0.1, -0.05) is 11.6 Å². The van der Waals surface area contributed by atoms with Crippen molar-refractivity contribution in [3.8, 4) is 0 Å². The van der Waals surface area contributed by atoms with Crippen molar-refractivity contribution in [1.29, 1.82) is 0 Å². The molecule has 0 aliphatic heterocycles. The van der Waals surface area contributed by atoms with Crippen LogP contribution in [-0.4, -0.2) is 18.8 Å². The lowest BCUT2D eigenvalue weighted by Crippen LogP contribution is -2.01. The second-order valence-electron chi connectivity index (χ2n) is 4.86. The van der Waals surface area contributed by atoms with Crippen LogP contribution in [0.4, 0.5) is 0 Å². The molecule has 0 N–H and O–H groups in total. The first-order chi connectivity index (χ1) is 10.6. The molecule has 2 rings (SSSR count). The maximum absolute atomic E-state index is 11.6. The van der Waals surface area contributed by atoms with Crippen molar-refractivity contribution in [3.05, 3.63) is 39.2 Å². The van der Waals surface area contributed by atoms with Gasteiger partial charge in [0, 0.05) is 10.3 Å². The smallest absolute Gasteiger partial charge is 0.355 e. The summed E-state index contributed by atoms with van der Waals surface area (Å²) in [6, 6.07) is 5.81. The highest BCUT2D eigenvalue weighted by atomic mass is 35.5. The summed E-state index contributed by atoms with van der Waals surface area (Å²) in [4.78, 5) is 22.7. The molecule has 0 aliphatic rings. The van der Waals surface area contributed by atoms with Crippen molar-refractivity contribution >= 4 is 40.8 Å². The number of hydrogen-bond acceptors (Lipinski definition) is 5. The summed E-state index contributed by atoms with van der Waals surface area (Å²) in [6.45, 7) is 2.77. The summed E-state index contributed by atoms with van der Waals surface area (Å²) in [6.07, 6.45) is 2.93. The molecule has 0 aliphatic carbocycles. The third-order valence-electron chi connectivity index (χ3n) is 3.31. The van der Waals surface area contributed by atoms with Crippen LogP contribution >= 0.6 is 23.4 Å². The Labute approximate surface area is 137 Å². The van der Waals surface area contributed by atoms with E-state index in [0.717, 1.165) is 40.9 Å². The largest absolute Gasteiger partial charge is 0.468 e. The molecule has 2 aromatic rings. The van der Waals surface area contributed by atoms with Gasteiger partial charge in [0.1, 0.15) is 10.6 Å². The molecule has 0 unspecified atom stereocenters. The van der Waals surface area contributed by atoms with Crippen molar-refractivity contribution < 1.29 is 13.9 Å². The summed E-state index contributed by atoms with van der Waals surface area (Å²) in [5, 5.41) is 1.01. The van der Waals surface area contributed by atoms with E-state index in [2.05, 4.69) is 4.74 Å². The fourth-order valence-electron chi connectivity index (χ4n) is 2.11. The molecule has 0 saturated heterocycles. The predicted molar refractivity (Wildman–Crippen MR) is 88.8 cm³/mol. The second-order valence-corrected chi connectivity index (χ2v) is 6.41. The van der Waals surface area contributed by atoms with E-state index >= 15 is 0 Å². The van der Waals surface area contributed by atoms with Crippen LogP contribution in [0.25, 0.3) is 11.0 Å². The van der Waals surface area contributed by atoms with E-state index < -0.39 is 5.63 Å². The molecule has 0 amide bonds. The summed E-state index contributed by atoms with van der Waals surface area (Å²) in [5.41, 5.74) is 0.819. The molecular weight excluding hydrogens is 324 g/mol. The number of aryl methyl sites for hydroxylation is 1. The van der Waals surface area contributed by atoms with E-state index in [4.69, 9.17) is 16.0 Å². The molecule has 1 heterocycles. The Kier molecular flexibility index (Phi) is 6.34. The third-order valence-corrected chi connectivity index (χ3v) is 4.83. The first-order valence-corrected chi connectivity index (χ1v) is 8.41. The lowest BCUT2D eigenvalue weighted by Gasteiger charge is -2.06. The summed E-state index contributed by atoms with van der Waals surface area (Å²) in [5.74, 6) is 0.962. The number of carbonyl (C=O) groups excluding carboxylic acids is 1. The SMILES string of the molecule is Cc1c(Cl)c(=O)oc2cc(SCCCCCOC=O)ccc12. The average molecular weight is 341 g/mol. The van der Waals surface area contributed by atoms with Crippen molar-refractivity contribution in [2.75, 3.05) is 12.4 Å². The van der Waals surface area contributed by atoms with E-state index in [1.54, 1.807) is 11.8 Å². The molecule has 1 aromatic heterocycles. The number of unbranched alkanes of at least 4 members (excludes halogenated alkanes) is 2. The van der Waals surface area contributed by atoms with Gasteiger partial charge < -0.3 is 9.15 Å². The molecule has 118 valence electrons. The number of ether oxygens (including phenoxy) is 1. The second kappa shape index (κ2) is 8.25. The van der Waals surface area contributed by atoms with Crippen LogP contribution in [0.1, 0.15) is 24.8 Å². The summed E-state index contributed by atoms with van der Waals surface area (Å²) >= 11 is 7.62. The highest BCUT2D eigenvalue weighted by molar-refractivity contribution is 7.99. The Morgan fingerprint density at radius 1 is 1.32 bits per heavy atom. The van der Waals surface area contributed by atoms with Crippen molar-refractivity contribution in [3.63, 3.8) is 0 Å². The minimum Gasteiger partial charge on any atom is -0.468 e. The van der Waals surface area contributed by atoms with Crippen LogP contribution in [0, 0.1) is 6.92 Å². The number of thioether (sulfide) groups is 1. The number of hydrogen-bond donors (Lipinski definition) is 0. The van der Waals surface area contributed by atoms with Crippen LogP contribution in [-0.2, 0) is 9.53 Å². The number of halogens is 1. The lowest BCUT2D eigenvalue weighted by atomic mass is 10.1. The lowest BCUT2D eigenvalue weighted by molar-refractivity contribution is -0.128. The zero-order valence-corrected chi connectivity index (χ0v) is 13.8. The van der Waals surface area contributed by atoms with Gasteiger partial charge in [-0.2, -0.15) is 0 Å². The fourth-order valence-corrected chi connectivity index (χ4v) is 3.18. The first kappa shape index (κ1) is 16.9. The van der Waals surface area contributed by atoms with E-state index in [0.29, 0.717) is 18.7 Å². The van der Waals surface area contributed by atoms with Crippen molar-refractivity contribution in [2.24, 2.45) is 0 Å². The van der Waals surface area contributed by atoms with E-state index in [1.807, 2.05) is 25.1 Å². The Hall–Kier alpha value is -1.46. The zero-order valence-electron chi connectivity index (χ0n) is 12.3. The van der Waals surface area contributed by atoms with Gasteiger partial charge in [-0.25, -0.2) is 4.79 Å². The summed E-state index contributed by atoms with van der Waals surface area (Å²) < 4.78 is 9.87. The van der Waals surface area contributed by atoms with Gasteiger partial charge >= 0.3 is 5.63 Å². The highest BCUT2D eigenvalue weighted by Gasteiger charge is 2.09. The van der Waals surface area contributed by atoms with Gasteiger partial charge in [-0.15, -0.1) is 11.8 Å². The maximum Gasteiger partial charge on any atom is 0.355 e. The third kappa shape index (κ3) is 4.27. The number of rotatable bonds is 8. The Morgan fingerprint density at radius 3 is 2.91 bits per heavy atom. The van der Waals surface area contributed by atoms with E-state index in [-0.39, 0.29) is 5.02 Å². The van der Waals surface area contributed by atoms with Crippen LogP contribution in [0.2, 0.25) is 5.02 Å². The normalized spacial score (nSPS) is 10.8. The van der Waals surface area contributed by atoms with Gasteiger partial charge in [-0.05, 0) is 55.7 Å². The van der Waals surface area contributed by atoms with Crippen LogP contribution < -0.4 is 5.63 Å². The van der Waals surface area contributed by atoms with Crippen LogP contribution in [0.3, 0.4) is 0 Å². The molecule has 6 heteroatoms. The zero-order chi connectivity index (χ0) is 15.9. The molecule has 0 saturated carbocycles. The van der Waals surface area contributed by atoms with Gasteiger partial charge in [0.05, 0.1) is 6.61 Å². The molecule has 0 atom stereocenters. The van der Waals surface area contributed by atoms with Gasteiger partial charge in [0.25, 0.3) is 6.47 Å². The molecule has 0 spiro atoms. The molecule has 0 fully saturated rings. The minimum atomic E-state index is -0.496. The monoisotopic (exact) mass is 340 g/mol. The first-order valence-electron chi connectivity index (χ1n) is 7.04. The van der Waals surface area contributed by atoms with E-state index in [9.17, 15) is 9.59 Å². The molecule has 0 radical (unpaired) electrons. The van der Waals surface area contributed by atoms with Gasteiger partial charge in [-0.3, -0.25) is 4.79 Å². The fraction of sp³-hybridized carbons (Fsp3) is 0.375. The number of benzene rings is 1. The van der Waals surface area contributed by atoms with Gasteiger partial charge in [0.2, 0.25) is 0 Å². The van der Waals surface area contributed by atoms with Gasteiger partial charge in [0.15, 0.2) is 0 Å².